The van der Waals surface area contributed by atoms with Gasteiger partial charge in [0.05, 0.1) is 23.8 Å². The van der Waals surface area contributed by atoms with Gasteiger partial charge < -0.3 is 14.8 Å². The number of amides is 2. The highest BCUT2D eigenvalue weighted by molar-refractivity contribution is 6.30. The van der Waals surface area contributed by atoms with Gasteiger partial charge in [-0.3, -0.25) is 10.1 Å². The van der Waals surface area contributed by atoms with Gasteiger partial charge >= 0.3 is 11.7 Å². The van der Waals surface area contributed by atoms with Crippen LogP contribution < -0.4 is 19.7 Å². The molecule has 10 heteroatoms. The Kier molecular flexibility index (Phi) is 8.22. The summed E-state index contributed by atoms with van der Waals surface area (Å²) in [5, 5.41) is 15.2. The lowest BCUT2D eigenvalue weighted by molar-refractivity contribution is -0.384. The lowest BCUT2D eigenvalue weighted by atomic mass is 10.1. The number of anilines is 2. The molecule has 0 bridgehead atoms. The molecule has 1 aliphatic carbocycles. The quantitative estimate of drug-likeness (QED) is 0.277. The van der Waals surface area contributed by atoms with E-state index in [9.17, 15) is 14.9 Å². The van der Waals surface area contributed by atoms with Crippen LogP contribution >= 0.6 is 11.6 Å². The molecule has 1 saturated carbocycles. The predicted molar refractivity (Wildman–Crippen MR) is 137 cm³/mol. The van der Waals surface area contributed by atoms with Crippen molar-refractivity contribution in [3.8, 4) is 11.5 Å². The Bertz CT molecular complexity index is 1220. The maximum Gasteiger partial charge on any atom is 0.327 e. The van der Waals surface area contributed by atoms with E-state index < -0.39 is 11.0 Å². The van der Waals surface area contributed by atoms with E-state index in [4.69, 9.17) is 21.1 Å². The van der Waals surface area contributed by atoms with Crippen LogP contribution in [-0.2, 0) is 6.42 Å². The molecule has 0 radical (unpaired) electrons. The first-order chi connectivity index (χ1) is 17.5. The van der Waals surface area contributed by atoms with E-state index in [1.54, 1.807) is 37.4 Å². The number of aromatic nitrogens is 1. The molecule has 1 fully saturated rings. The molecule has 1 aliphatic rings. The van der Waals surface area contributed by atoms with Gasteiger partial charge in [0.25, 0.3) is 0 Å². The first-order valence-electron chi connectivity index (χ1n) is 11.7. The van der Waals surface area contributed by atoms with Crippen LogP contribution in [0.1, 0.15) is 31.2 Å². The van der Waals surface area contributed by atoms with Crippen molar-refractivity contribution in [2.75, 3.05) is 18.6 Å². The van der Waals surface area contributed by atoms with Gasteiger partial charge in [0, 0.05) is 29.9 Å². The molecule has 36 heavy (non-hydrogen) atoms. The summed E-state index contributed by atoms with van der Waals surface area (Å²) in [7, 11) is 1.54. The van der Waals surface area contributed by atoms with Gasteiger partial charge in [0.15, 0.2) is 11.5 Å². The Morgan fingerprint density at radius 2 is 1.92 bits per heavy atom. The van der Waals surface area contributed by atoms with Gasteiger partial charge in [-0.05, 0) is 68.0 Å². The summed E-state index contributed by atoms with van der Waals surface area (Å²) >= 11 is 5.94. The number of nitrogens with zero attached hydrogens (tertiary/aromatic N) is 3. The second-order valence-electron chi connectivity index (χ2n) is 8.41. The highest BCUT2D eigenvalue weighted by Gasteiger charge is 2.29. The van der Waals surface area contributed by atoms with Crippen molar-refractivity contribution in [2.24, 2.45) is 0 Å². The van der Waals surface area contributed by atoms with Gasteiger partial charge in [0.2, 0.25) is 5.82 Å². The molecule has 1 heterocycles. The SMILES string of the molecule is COc1ccc(N(C(=O)NCCc2ccc(Cl)cc2)c2ncccc2[N+](=O)[O-])cc1OC1CCCC1. The van der Waals surface area contributed by atoms with Crippen molar-refractivity contribution in [1.82, 2.24) is 10.3 Å². The van der Waals surface area contributed by atoms with Crippen molar-refractivity contribution in [3.05, 3.63) is 81.5 Å². The van der Waals surface area contributed by atoms with Crippen LogP contribution in [0.5, 0.6) is 11.5 Å². The van der Waals surface area contributed by atoms with E-state index in [0.717, 1.165) is 31.2 Å². The summed E-state index contributed by atoms with van der Waals surface area (Å²) in [6.45, 7) is 0.305. The molecule has 0 spiro atoms. The van der Waals surface area contributed by atoms with Gasteiger partial charge in [-0.2, -0.15) is 0 Å². The maximum absolute atomic E-state index is 13.4. The Balaban J connectivity index is 1.64. The molecular weight excluding hydrogens is 484 g/mol. The number of halogens is 1. The van der Waals surface area contributed by atoms with Crippen LogP contribution in [0, 0.1) is 10.1 Å². The van der Waals surface area contributed by atoms with Crippen molar-refractivity contribution in [3.63, 3.8) is 0 Å². The van der Waals surface area contributed by atoms with E-state index in [-0.39, 0.29) is 17.6 Å². The minimum atomic E-state index is -0.560. The van der Waals surface area contributed by atoms with Crippen LogP contribution in [0.25, 0.3) is 0 Å². The number of hydrogen-bond acceptors (Lipinski definition) is 6. The minimum Gasteiger partial charge on any atom is -0.493 e. The summed E-state index contributed by atoms with van der Waals surface area (Å²) in [6.07, 6.45) is 6.08. The summed E-state index contributed by atoms with van der Waals surface area (Å²) < 4.78 is 11.6. The van der Waals surface area contributed by atoms with Gasteiger partial charge in [-0.15, -0.1) is 0 Å². The highest BCUT2D eigenvalue weighted by atomic mass is 35.5. The molecule has 4 rings (SSSR count). The van der Waals surface area contributed by atoms with E-state index in [1.807, 2.05) is 12.1 Å². The smallest absolute Gasteiger partial charge is 0.327 e. The number of nitrogens with one attached hydrogen (secondary N) is 1. The molecule has 0 unspecified atom stereocenters. The van der Waals surface area contributed by atoms with Gasteiger partial charge in [0.1, 0.15) is 0 Å². The Morgan fingerprint density at radius 3 is 2.61 bits per heavy atom. The van der Waals surface area contributed by atoms with Crippen LogP contribution in [0.4, 0.5) is 22.0 Å². The second kappa shape index (κ2) is 11.7. The van der Waals surface area contributed by atoms with Crippen molar-refractivity contribution in [1.29, 1.82) is 0 Å². The van der Waals surface area contributed by atoms with Crippen molar-refractivity contribution < 1.29 is 19.2 Å². The van der Waals surface area contributed by atoms with Crippen LogP contribution in [-0.4, -0.2) is 35.7 Å². The number of carbonyl (C=O) groups excluding carboxylic acids is 1. The zero-order valence-electron chi connectivity index (χ0n) is 19.9. The number of carbonyl (C=O) groups is 1. The number of pyridine rings is 1. The van der Waals surface area contributed by atoms with Crippen molar-refractivity contribution >= 4 is 34.8 Å². The summed E-state index contributed by atoms with van der Waals surface area (Å²) in [6, 6.07) is 14.5. The second-order valence-corrected chi connectivity index (χ2v) is 8.84. The number of benzene rings is 2. The topological polar surface area (TPSA) is 107 Å². The molecule has 0 aliphatic heterocycles. The van der Waals surface area contributed by atoms with Gasteiger partial charge in [-0.1, -0.05) is 23.7 Å². The fourth-order valence-corrected chi connectivity index (χ4v) is 4.29. The monoisotopic (exact) mass is 510 g/mol. The summed E-state index contributed by atoms with van der Waals surface area (Å²) in [5.74, 6) is 0.896. The molecule has 188 valence electrons. The molecule has 2 aromatic carbocycles. The number of hydrogen-bond donors (Lipinski definition) is 1. The standard InChI is InChI=1S/C26H27ClN4O5/c1-35-23-13-12-20(17-24(23)36-21-5-2-3-6-21)30(25-22(31(33)34)7-4-15-28-25)26(32)29-16-14-18-8-10-19(27)11-9-18/h4,7-13,15,17,21H,2-3,5-6,14,16H2,1H3,(H,29,32). The zero-order valence-corrected chi connectivity index (χ0v) is 20.6. The number of nitro groups is 1. The van der Waals surface area contributed by atoms with Crippen LogP contribution in [0.2, 0.25) is 5.02 Å². The molecule has 9 nitrogen and oxygen atoms in total. The predicted octanol–water partition coefficient (Wildman–Crippen LogP) is 6.06. The fraction of sp³-hybridized carbons (Fsp3) is 0.308. The fourth-order valence-electron chi connectivity index (χ4n) is 4.17. The van der Waals surface area contributed by atoms with E-state index in [0.29, 0.717) is 35.2 Å². The number of rotatable bonds is 9. The maximum atomic E-state index is 13.4. The average molecular weight is 511 g/mol. The first-order valence-corrected chi connectivity index (χ1v) is 12.1. The summed E-state index contributed by atoms with van der Waals surface area (Å²) in [5.41, 5.74) is 1.07. The highest BCUT2D eigenvalue weighted by Crippen LogP contribution is 2.38. The molecule has 0 atom stereocenters. The number of urea groups is 1. The zero-order chi connectivity index (χ0) is 25.5. The van der Waals surface area contributed by atoms with E-state index in [2.05, 4.69) is 10.3 Å². The first kappa shape index (κ1) is 25.2. The Labute approximate surface area is 214 Å². The summed E-state index contributed by atoms with van der Waals surface area (Å²) in [4.78, 5) is 30.0. The largest absolute Gasteiger partial charge is 0.493 e. The van der Waals surface area contributed by atoms with Gasteiger partial charge in [-0.25, -0.2) is 14.7 Å². The third-order valence-electron chi connectivity index (χ3n) is 5.98. The van der Waals surface area contributed by atoms with E-state index >= 15 is 0 Å². The van der Waals surface area contributed by atoms with Crippen LogP contribution in [0.3, 0.4) is 0 Å². The number of methoxy groups -OCH3 is 1. The Morgan fingerprint density at radius 1 is 1.17 bits per heavy atom. The molecule has 2 amide bonds. The normalized spacial score (nSPS) is 13.3. The minimum absolute atomic E-state index is 0.0555. The third-order valence-corrected chi connectivity index (χ3v) is 6.23. The molecule has 1 aromatic heterocycles. The number of ether oxygens (including phenoxy) is 2. The van der Waals surface area contributed by atoms with E-state index in [1.165, 1.54) is 23.2 Å². The Hall–Kier alpha value is -3.85. The lowest BCUT2D eigenvalue weighted by Crippen LogP contribution is -2.38. The molecule has 3 aromatic rings. The average Bonchev–Trinajstić information content (AvgIpc) is 3.39. The third kappa shape index (κ3) is 6.04. The van der Waals surface area contributed by atoms with Crippen LogP contribution in [0.15, 0.2) is 60.8 Å². The molecule has 1 N–H and O–H groups in total. The molecular formula is C26H27ClN4O5. The molecule has 0 saturated heterocycles. The lowest BCUT2D eigenvalue weighted by Gasteiger charge is -2.24. The van der Waals surface area contributed by atoms with Crippen molar-refractivity contribution in [2.45, 2.75) is 38.2 Å².